The monoisotopic (exact) mass is 270 g/mol. The molecule has 98 valence electrons. The lowest BCUT2D eigenvalue weighted by atomic mass is 10.4. The van der Waals surface area contributed by atoms with Crippen LogP contribution in [0.3, 0.4) is 0 Å². The van der Waals surface area contributed by atoms with Gasteiger partial charge in [0.15, 0.2) is 5.03 Å². The van der Waals surface area contributed by atoms with Gasteiger partial charge in [0, 0.05) is 24.2 Å². The first-order chi connectivity index (χ1) is 8.63. The van der Waals surface area contributed by atoms with Gasteiger partial charge in [0.2, 0.25) is 0 Å². The maximum atomic E-state index is 12.0. The lowest BCUT2D eigenvalue weighted by molar-refractivity contribution is 0.560. The summed E-state index contributed by atoms with van der Waals surface area (Å²) in [6.07, 6.45) is 4.47. The molecule has 0 unspecified atom stereocenters. The van der Waals surface area contributed by atoms with E-state index in [4.69, 9.17) is 4.42 Å². The van der Waals surface area contributed by atoms with Gasteiger partial charge in [-0.25, -0.2) is 13.1 Å². The molecule has 18 heavy (non-hydrogen) atoms. The molecule has 0 atom stereocenters. The quantitative estimate of drug-likeness (QED) is 0.696. The molecule has 0 aliphatic rings. The number of nitrogens with one attached hydrogen (secondary N) is 3. The van der Waals surface area contributed by atoms with Crippen molar-refractivity contribution in [3.8, 4) is 0 Å². The summed E-state index contributed by atoms with van der Waals surface area (Å²) in [4.78, 5) is 0. The Hall–Kier alpha value is -1.64. The maximum Gasteiger partial charge on any atom is 0.258 e. The summed E-state index contributed by atoms with van der Waals surface area (Å²) in [5, 5.41) is 9.22. The molecule has 2 aromatic rings. The molecule has 2 rings (SSSR count). The van der Waals surface area contributed by atoms with Crippen molar-refractivity contribution in [2.75, 3.05) is 7.05 Å². The first-order valence-electron chi connectivity index (χ1n) is 5.31. The molecule has 8 heteroatoms. The van der Waals surface area contributed by atoms with Crippen molar-refractivity contribution in [1.29, 1.82) is 0 Å². The highest BCUT2D eigenvalue weighted by molar-refractivity contribution is 7.89. The number of aromatic amines is 1. The minimum absolute atomic E-state index is 0.0837. The Morgan fingerprint density at radius 2 is 2.28 bits per heavy atom. The summed E-state index contributed by atoms with van der Waals surface area (Å²) in [6, 6.07) is 1.70. The molecular formula is C10H14N4O3S. The van der Waals surface area contributed by atoms with E-state index in [0.29, 0.717) is 12.1 Å². The fourth-order valence-corrected chi connectivity index (χ4v) is 2.64. The van der Waals surface area contributed by atoms with Gasteiger partial charge in [-0.1, -0.05) is 0 Å². The average Bonchev–Trinajstić information content (AvgIpc) is 2.97. The lowest BCUT2D eigenvalue weighted by Gasteiger charge is -2.05. The second-order valence-electron chi connectivity index (χ2n) is 3.71. The van der Waals surface area contributed by atoms with E-state index in [-0.39, 0.29) is 11.6 Å². The predicted molar refractivity (Wildman–Crippen MR) is 64.1 cm³/mol. The molecule has 3 N–H and O–H groups in total. The molecule has 0 saturated heterocycles. The highest BCUT2D eigenvalue weighted by atomic mass is 32.2. The SMILES string of the molecule is CNCc1cn[nH]c1S(=O)(=O)NCc1ccoc1. The molecule has 0 fully saturated rings. The van der Waals surface area contributed by atoms with E-state index in [9.17, 15) is 8.42 Å². The van der Waals surface area contributed by atoms with Crippen molar-refractivity contribution in [1.82, 2.24) is 20.2 Å². The number of hydrogen-bond acceptors (Lipinski definition) is 5. The number of hydrogen-bond donors (Lipinski definition) is 3. The van der Waals surface area contributed by atoms with Crippen LogP contribution >= 0.6 is 0 Å². The number of sulfonamides is 1. The van der Waals surface area contributed by atoms with E-state index >= 15 is 0 Å². The normalized spacial score (nSPS) is 11.8. The fraction of sp³-hybridized carbons (Fsp3) is 0.300. The summed E-state index contributed by atoms with van der Waals surface area (Å²) in [5.41, 5.74) is 1.35. The smallest absolute Gasteiger partial charge is 0.258 e. The van der Waals surface area contributed by atoms with Gasteiger partial charge in [-0.15, -0.1) is 0 Å². The van der Waals surface area contributed by atoms with Gasteiger partial charge in [0.1, 0.15) is 0 Å². The van der Waals surface area contributed by atoms with Gasteiger partial charge in [-0.3, -0.25) is 5.10 Å². The molecular weight excluding hydrogens is 256 g/mol. The minimum Gasteiger partial charge on any atom is -0.472 e. The minimum atomic E-state index is -3.60. The van der Waals surface area contributed by atoms with Crippen LogP contribution in [0.1, 0.15) is 11.1 Å². The van der Waals surface area contributed by atoms with Crippen molar-refractivity contribution in [3.63, 3.8) is 0 Å². The van der Waals surface area contributed by atoms with Gasteiger partial charge >= 0.3 is 0 Å². The molecule has 0 aromatic carbocycles. The van der Waals surface area contributed by atoms with Crippen molar-refractivity contribution in [3.05, 3.63) is 35.9 Å². The summed E-state index contributed by atoms with van der Waals surface area (Å²) < 4.78 is 31.4. The van der Waals surface area contributed by atoms with Gasteiger partial charge < -0.3 is 9.73 Å². The van der Waals surface area contributed by atoms with E-state index in [2.05, 4.69) is 20.2 Å². The Labute approximate surface area is 105 Å². The van der Waals surface area contributed by atoms with Gasteiger partial charge in [0.25, 0.3) is 10.0 Å². The van der Waals surface area contributed by atoms with Crippen LogP contribution in [-0.4, -0.2) is 25.7 Å². The molecule has 0 spiro atoms. The zero-order valence-electron chi connectivity index (χ0n) is 9.80. The van der Waals surface area contributed by atoms with Crippen molar-refractivity contribution < 1.29 is 12.8 Å². The van der Waals surface area contributed by atoms with E-state index in [1.807, 2.05) is 0 Å². The number of aromatic nitrogens is 2. The Morgan fingerprint density at radius 1 is 1.44 bits per heavy atom. The van der Waals surface area contributed by atoms with Crippen LogP contribution in [0.25, 0.3) is 0 Å². The van der Waals surface area contributed by atoms with Crippen LogP contribution in [-0.2, 0) is 23.1 Å². The number of furan rings is 1. The molecule has 2 aromatic heterocycles. The van der Waals surface area contributed by atoms with Crippen molar-refractivity contribution >= 4 is 10.0 Å². The van der Waals surface area contributed by atoms with Gasteiger partial charge in [-0.2, -0.15) is 5.10 Å². The first-order valence-corrected chi connectivity index (χ1v) is 6.79. The van der Waals surface area contributed by atoms with E-state index in [0.717, 1.165) is 5.56 Å². The molecule has 0 saturated carbocycles. The number of rotatable bonds is 6. The van der Waals surface area contributed by atoms with E-state index in [1.165, 1.54) is 18.7 Å². The molecule has 0 amide bonds. The van der Waals surface area contributed by atoms with Crippen LogP contribution in [0.4, 0.5) is 0 Å². The second-order valence-corrected chi connectivity index (χ2v) is 5.41. The average molecular weight is 270 g/mol. The van der Waals surface area contributed by atoms with Crippen LogP contribution in [0, 0.1) is 0 Å². The Bertz CT molecular complexity index is 588. The Balaban J connectivity index is 2.12. The molecule has 7 nitrogen and oxygen atoms in total. The number of nitrogens with zero attached hydrogens (tertiary/aromatic N) is 1. The molecule has 0 aliphatic heterocycles. The highest BCUT2D eigenvalue weighted by Crippen LogP contribution is 2.12. The maximum absolute atomic E-state index is 12.0. The third kappa shape index (κ3) is 2.78. The lowest BCUT2D eigenvalue weighted by Crippen LogP contribution is -2.25. The summed E-state index contributed by atoms with van der Waals surface area (Å²) in [7, 11) is -1.86. The second kappa shape index (κ2) is 5.34. The summed E-state index contributed by atoms with van der Waals surface area (Å²) >= 11 is 0. The fourth-order valence-electron chi connectivity index (χ4n) is 1.49. The summed E-state index contributed by atoms with van der Waals surface area (Å²) in [6.45, 7) is 0.606. The third-order valence-corrected chi connectivity index (χ3v) is 3.78. The Kier molecular flexibility index (Phi) is 3.80. The number of H-pyrrole nitrogens is 1. The van der Waals surface area contributed by atoms with E-state index in [1.54, 1.807) is 13.1 Å². The largest absolute Gasteiger partial charge is 0.472 e. The van der Waals surface area contributed by atoms with Crippen LogP contribution < -0.4 is 10.0 Å². The molecule has 0 aliphatic carbocycles. The predicted octanol–water partition coefficient (Wildman–Crippen LogP) is 0.201. The first kappa shape index (κ1) is 12.8. The van der Waals surface area contributed by atoms with Gasteiger partial charge in [0.05, 0.1) is 18.7 Å². The van der Waals surface area contributed by atoms with Crippen molar-refractivity contribution in [2.45, 2.75) is 18.1 Å². The highest BCUT2D eigenvalue weighted by Gasteiger charge is 2.20. The standard InChI is InChI=1S/C10H14N4O3S/c1-11-5-9-6-12-14-10(9)18(15,16)13-4-8-2-3-17-7-8/h2-3,6-7,11,13H,4-5H2,1H3,(H,12,14). The van der Waals surface area contributed by atoms with E-state index < -0.39 is 10.0 Å². The van der Waals surface area contributed by atoms with Crippen LogP contribution in [0.5, 0.6) is 0 Å². The van der Waals surface area contributed by atoms with Crippen molar-refractivity contribution in [2.24, 2.45) is 0 Å². The Morgan fingerprint density at radius 3 is 2.94 bits per heavy atom. The molecule has 0 radical (unpaired) electrons. The molecule has 0 bridgehead atoms. The van der Waals surface area contributed by atoms with Crippen LogP contribution in [0.2, 0.25) is 0 Å². The third-order valence-electron chi connectivity index (χ3n) is 2.36. The zero-order chi connectivity index (χ0) is 13.0. The van der Waals surface area contributed by atoms with Gasteiger partial charge in [-0.05, 0) is 13.1 Å². The molecule has 2 heterocycles. The topological polar surface area (TPSA) is 100 Å². The summed E-state index contributed by atoms with van der Waals surface area (Å²) in [5.74, 6) is 0. The van der Waals surface area contributed by atoms with Crippen LogP contribution in [0.15, 0.2) is 34.2 Å². The zero-order valence-corrected chi connectivity index (χ0v) is 10.6.